The molecule has 2 fully saturated rings. The molecule has 2 heterocycles. The van der Waals surface area contributed by atoms with Gasteiger partial charge in [0, 0.05) is 31.1 Å². The summed E-state index contributed by atoms with van der Waals surface area (Å²) in [4.78, 5) is 12.1. The van der Waals surface area contributed by atoms with Crippen LogP contribution in [0.2, 0.25) is 0 Å². The van der Waals surface area contributed by atoms with E-state index < -0.39 is 0 Å². The minimum absolute atomic E-state index is 0.609. The third-order valence-electron chi connectivity index (χ3n) is 4.42. The van der Waals surface area contributed by atoms with E-state index in [0.29, 0.717) is 12.0 Å². The van der Waals surface area contributed by atoms with Crippen molar-refractivity contribution in [1.82, 2.24) is 9.97 Å². The van der Waals surface area contributed by atoms with Crippen molar-refractivity contribution in [3.05, 3.63) is 11.9 Å². The van der Waals surface area contributed by atoms with Crippen molar-refractivity contribution >= 4 is 11.6 Å². The van der Waals surface area contributed by atoms with Crippen molar-refractivity contribution in [2.45, 2.75) is 64.3 Å². The highest BCUT2D eigenvalue weighted by atomic mass is 15.2. The van der Waals surface area contributed by atoms with E-state index in [0.717, 1.165) is 30.5 Å². The Morgan fingerprint density at radius 1 is 1.20 bits per heavy atom. The van der Waals surface area contributed by atoms with Crippen LogP contribution in [0, 0.1) is 0 Å². The number of nitrogens with one attached hydrogen (secondary N) is 1. The van der Waals surface area contributed by atoms with E-state index in [-0.39, 0.29) is 0 Å². The van der Waals surface area contributed by atoms with Crippen LogP contribution in [-0.2, 0) is 0 Å². The van der Waals surface area contributed by atoms with Gasteiger partial charge in [-0.15, -0.1) is 0 Å². The summed E-state index contributed by atoms with van der Waals surface area (Å²) in [6, 6.07) is 2.80. The Balaban J connectivity index is 1.89. The molecule has 20 heavy (non-hydrogen) atoms. The molecule has 1 unspecified atom stereocenters. The zero-order chi connectivity index (χ0) is 13.9. The maximum Gasteiger partial charge on any atom is 0.136 e. The van der Waals surface area contributed by atoms with Gasteiger partial charge in [-0.05, 0) is 45.4 Å². The second-order valence-electron chi connectivity index (χ2n) is 6.03. The summed E-state index contributed by atoms with van der Waals surface area (Å²) in [5.74, 6) is 3.81. The molecule has 4 heteroatoms. The first-order valence-corrected chi connectivity index (χ1v) is 8.21. The Morgan fingerprint density at radius 3 is 2.75 bits per heavy atom. The van der Waals surface area contributed by atoms with E-state index in [2.05, 4.69) is 35.1 Å². The van der Waals surface area contributed by atoms with E-state index >= 15 is 0 Å². The molecule has 1 saturated carbocycles. The fraction of sp³-hybridized carbons (Fsp3) is 0.750. The van der Waals surface area contributed by atoms with Crippen LogP contribution in [0.3, 0.4) is 0 Å². The van der Waals surface area contributed by atoms with Crippen LogP contribution in [0.4, 0.5) is 11.6 Å². The van der Waals surface area contributed by atoms with Gasteiger partial charge in [0.2, 0.25) is 0 Å². The molecule has 4 nitrogen and oxygen atoms in total. The van der Waals surface area contributed by atoms with Crippen LogP contribution >= 0.6 is 0 Å². The molecular formula is C16H26N4. The molecule has 0 amide bonds. The number of anilines is 2. The quantitative estimate of drug-likeness (QED) is 0.891. The Morgan fingerprint density at radius 2 is 2.05 bits per heavy atom. The molecule has 1 N–H and O–H groups in total. The Labute approximate surface area is 122 Å². The average molecular weight is 274 g/mol. The van der Waals surface area contributed by atoms with Crippen LogP contribution < -0.4 is 10.2 Å². The van der Waals surface area contributed by atoms with Gasteiger partial charge in [-0.3, -0.25) is 0 Å². The van der Waals surface area contributed by atoms with Gasteiger partial charge in [-0.1, -0.05) is 6.92 Å². The first-order valence-electron chi connectivity index (χ1n) is 8.21. The molecule has 1 aromatic rings. The molecule has 110 valence electrons. The van der Waals surface area contributed by atoms with E-state index in [4.69, 9.17) is 4.98 Å². The van der Waals surface area contributed by atoms with Crippen molar-refractivity contribution in [1.29, 1.82) is 0 Å². The third kappa shape index (κ3) is 2.89. The highest BCUT2D eigenvalue weighted by Crippen LogP contribution is 2.39. The van der Waals surface area contributed by atoms with E-state index in [1.807, 2.05) is 0 Å². The van der Waals surface area contributed by atoms with Gasteiger partial charge in [0.1, 0.15) is 17.5 Å². The maximum atomic E-state index is 4.87. The van der Waals surface area contributed by atoms with E-state index in [9.17, 15) is 0 Å². The summed E-state index contributed by atoms with van der Waals surface area (Å²) in [5, 5.41) is 3.37. The first kappa shape index (κ1) is 13.7. The van der Waals surface area contributed by atoms with Crippen LogP contribution in [0.1, 0.15) is 64.1 Å². The fourth-order valence-corrected chi connectivity index (χ4v) is 3.12. The van der Waals surface area contributed by atoms with Crippen LogP contribution in [0.5, 0.6) is 0 Å². The summed E-state index contributed by atoms with van der Waals surface area (Å²) in [6.45, 7) is 6.47. The van der Waals surface area contributed by atoms with Crippen molar-refractivity contribution in [2.75, 3.05) is 23.3 Å². The molecule has 1 aliphatic carbocycles. The van der Waals surface area contributed by atoms with Gasteiger partial charge >= 0.3 is 0 Å². The zero-order valence-electron chi connectivity index (χ0n) is 12.7. The molecule has 0 spiro atoms. The predicted octanol–water partition coefficient (Wildman–Crippen LogP) is 3.55. The Hall–Kier alpha value is -1.32. The highest BCUT2D eigenvalue weighted by Gasteiger charge is 2.29. The van der Waals surface area contributed by atoms with Gasteiger partial charge in [0.15, 0.2) is 0 Å². The minimum Gasteiger partial charge on any atom is -0.370 e. The molecule has 1 saturated heterocycles. The monoisotopic (exact) mass is 274 g/mol. The summed E-state index contributed by atoms with van der Waals surface area (Å²) >= 11 is 0. The van der Waals surface area contributed by atoms with Gasteiger partial charge in [0.05, 0.1) is 0 Å². The lowest BCUT2D eigenvalue weighted by Gasteiger charge is -2.36. The summed E-state index contributed by atoms with van der Waals surface area (Å²) in [5.41, 5.74) is 0. The van der Waals surface area contributed by atoms with Crippen LogP contribution in [0.15, 0.2) is 6.07 Å². The standard InChI is InChI=1S/C16H26N4/c1-3-13-7-5-6-10-20(13)15-11-14(17-4-2)18-16(19-15)12-8-9-12/h11-13H,3-10H2,1-2H3,(H,17,18,19). The zero-order valence-corrected chi connectivity index (χ0v) is 12.7. The fourth-order valence-electron chi connectivity index (χ4n) is 3.12. The molecular weight excluding hydrogens is 248 g/mol. The van der Waals surface area contributed by atoms with Crippen molar-refractivity contribution in [3.63, 3.8) is 0 Å². The van der Waals surface area contributed by atoms with Gasteiger partial charge in [-0.2, -0.15) is 0 Å². The third-order valence-corrected chi connectivity index (χ3v) is 4.42. The Bertz CT molecular complexity index is 456. The molecule has 0 bridgehead atoms. The number of aromatic nitrogens is 2. The summed E-state index contributed by atoms with van der Waals surface area (Å²) in [7, 11) is 0. The number of piperidine rings is 1. The lowest BCUT2D eigenvalue weighted by Crippen LogP contribution is -2.39. The molecule has 0 radical (unpaired) electrons. The van der Waals surface area contributed by atoms with Gasteiger partial charge in [0.25, 0.3) is 0 Å². The molecule has 0 aromatic carbocycles. The molecule has 2 aliphatic rings. The lowest BCUT2D eigenvalue weighted by molar-refractivity contribution is 0.446. The summed E-state index contributed by atoms with van der Waals surface area (Å²) in [6.07, 6.45) is 7.67. The van der Waals surface area contributed by atoms with Crippen molar-refractivity contribution in [2.24, 2.45) is 0 Å². The highest BCUT2D eigenvalue weighted by molar-refractivity contribution is 5.51. The van der Waals surface area contributed by atoms with E-state index in [1.54, 1.807) is 0 Å². The topological polar surface area (TPSA) is 41.0 Å². The average Bonchev–Trinajstić information content (AvgIpc) is 3.32. The molecule has 1 atom stereocenters. The van der Waals surface area contributed by atoms with Gasteiger partial charge in [-0.25, -0.2) is 9.97 Å². The number of hydrogen-bond acceptors (Lipinski definition) is 4. The number of rotatable bonds is 5. The largest absolute Gasteiger partial charge is 0.370 e. The van der Waals surface area contributed by atoms with Crippen LogP contribution in [-0.4, -0.2) is 29.1 Å². The number of hydrogen-bond donors (Lipinski definition) is 1. The second kappa shape index (κ2) is 5.98. The SMILES string of the molecule is CCNc1cc(N2CCCCC2CC)nc(C2CC2)n1. The molecule has 1 aromatic heterocycles. The van der Waals surface area contributed by atoms with Crippen LogP contribution in [0.25, 0.3) is 0 Å². The van der Waals surface area contributed by atoms with Crippen molar-refractivity contribution < 1.29 is 0 Å². The second-order valence-corrected chi connectivity index (χ2v) is 6.03. The van der Waals surface area contributed by atoms with Gasteiger partial charge < -0.3 is 10.2 Å². The lowest BCUT2D eigenvalue weighted by atomic mass is 10.00. The van der Waals surface area contributed by atoms with E-state index in [1.165, 1.54) is 38.5 Å². The Kier molecular flexibility index (Phi) is 4.08. The normalized spacial score (nSPS) is 22.9. The summed E-state index contributed by atoms with van der Waals surface area (Å²) < 4.78 is 0. The first-order chi connectivity index (χ1) is 9.81. The minimum atomic E-state index is 0.609. The number of nitrogens with zero attached hydrogens (tertiary/aromatic N) is 3. The molecule has 1 aliphatic heterocycles. The predicted molar refractivity (Wildman–Crippen MR) is 83.4 cm³/mol. The maximum absolute atomic E-state index is 4.87. The smallest absolute Gasteiger partial charge is 0.136 e. The molecule has 3 rings (SSSR count). The van der Waals surface area contributed by atoms with Crippen molar-refractivity contribution in [3.8, 4) is 0 Å².